The topological polar surface area (TPSA) is 39.1 Å². The van der Waals surface area contributed by atoms with E-state index in [1.165, 1.54) is 16.8 Å². The van der Waals surface area contributed by atoms with E-state index in [2.05, 4.69) is 41.6 Å². The number of hydrogen-bond acceptors (Lipinski definition) is 3. The maximum atomic E-state index is 5.01. The van der Waals surface area contributed by atoms with Crippen LogP contribution in [0.4, 0.5) is 0 Å². The van der Waals surface area contributed by atoms with Gasteiger partial charge in [0.1, 0.15) is 0 Å². The molecule has 0 atom stereocenters. The lowest BCUT2D eigenvalue weighted by molar-refractivity contribution is 0.199. The number of ether oxygens (including phenoxy) is 1. The molecule has 0 saturated carbocycles. The highest BCUT2D eigenvalue weighted by atomic mass is 16.5. The Hall–Kier alpha value is -1.65. The lowest BCUT2D eigenvalue weighted by Gasteiger charge is -2.06. The molecule has 0 aliphatic heterocycles. The van der Waals surface area contributed by atoms with E-state index in [0.717, 1.165) is 26.2 Å². The predicted octanol–water partition coefficient (Wildman–Crippen LogP) is 1.98. The zero-order valence-corrected chi connectivity index (χ0v) is 11.6. The molecular formula is C15H21N3O. The van der Waals surface area contributed by atoms with Gasteiger partial charge in [-0.05, 0) is 12.5 Å². The molecule has 1 aromatic carbocycles. The molecule has 0 saturated heterocycles. The fourth-order valence-corrected chi connectivity index (χ4v) is 1.97. The molecule has 0 spiro atoms. The molecule has 0 bridgehead atoms. The highest BCUT2D eigenvalue weighted by molar-refractivity contribution is 5.19. The molecule has 0 aliphatic rings. The number of methoxy groups -OCH3 is 1. The van der Waals surface area contributed by atoms with E-state index >= 15 is 0 Å². The molecule has 102 valence electrons. The number of aromatic nitrogens is 2. The SMILES string of the molecule is COCCNCc1cnn(Cc2ccccc2)c1C. The van der Waals surface area contributed by atoms with E-state index in [4.69, 9.17) is 4.74 Å². The average Bonchev–Trinajstić information content (AvgIpc) is 2.78. The molecule has 0 unspecified atom stereocenters. The molecular weight excluding hydrogens is 238 g/mol. The van der Waals surface area contributed by atoms with Crippen molar-refractivity contribution in [1.29, 1.82) is 0 Å². The van der Waals surface area contributed by atoms with E-state index in [1.807, 2.05) is 16.9 Å². The summed E-state index contributed by atoms with van der Waals surface area (Å²) in [5, 5.41) is 7.80. The minimum atomic E-state index is 0.733. The minimum absolute atomic E-state index is 0.733. The van der Waals surface area contributed by atoms with Crippen LogP contribution in [0.2, 0.25) is 0 Å². The van der Waals surface area contributed by atoms with Crippen LogP contribution in [0.1, 0.15) is 16.8 Å². The third-order valence-electron chi connectivity index (χ3n) is 3.18. The summed E-state index contributed by atoms with van der Waals surface area (Å²) in [5.74, 6) is 0. The molecule has 2 aromatic rings. The first kappa shape index (κ1) is 13.8. The standard InChI is InChI=1S/C15H21N3O/c1-13-15(10-16-8-9-19-2)11-17-18(13)12-14-6-4-3-5-7-14/h3-7,11,16H,8-10,12H2,1-2H3. The summed E-state index contributed by atoms with van der Waals surface area (Å²) in [6.07, 6.45) is 1.94. The van der Waals surface area contributed by atoms with Gasteiger partial charge in [0.25, 0.3) is 0 Å². The Morgan fingerprint density at radius 2 is 2.05 bits per heavy atom. The van der Waals surface area contributed by atoms with Crippen LogP contribution >= 0.6 is 0 Å². The largest absolute Gasteiger partial charge is 0.383 e. The fraction of sp³-hybridized carbons (Fsp3) is 0.400. The van der Waals surface area contributed by atoms with E-state index in [1.54, 1.807) is 7.11 Å². The fourth-order valence-electron chi connectivity index (χ4n) is 1.97. The van der Waals surface area contributed by atoms with Crippen LogP contribution in [0, 0.1) is 6.92 Å². The van der Waals surface area contributed by atoms with Gasteiger partial charge in [0.2, 0.25) is 0 Å². The zero-order chi connectivity index (χ0) is 13.5. The van der Waals surface area contributed by atoms with Gasteiger partial charge < -0.3 is 10.1 Å². The van der Waals surface area contributed by atoms with Crippen LogP contribution in [0.5, 0.6) is 0 Å². The van der Waals surface area contributed by atoms with Crippen molar-refractivity contribution in [2.75, 3.05) is 20.3 Å². The maximum absolute atomic E-state index is 5.01. The molecule has 4 nitrogen and oxygen atoms in total. The van der Waals surface area contributed by atoms with Crippen LogP contribution in [0.3, 0.4) is 0 Å². The van der Waals surface area contributed by atoms with Crippen LogP contribution in [-0.4, -0.2) is 30.0 Å². The first-order valence-electron chi connectivity index (χ1n) is 6.56. The van der Waals surface area contributed by atoms with Crippen molar-refractivity contribution in [3.8, 4) is 0 Å². The quantitative estimate of drug-likeness (QED) is 0.773. The highest BCUT2D eigenvalue weighted by Crippen LogP contribution is 2.09. The lowest BCUT2D eigenvalue weighted by Crippen LogP contribution is -2.18. The van der Waals surface area contributed by atoms with Crippen LogP contribution in [-0.2, 0) is 17.8 Å². The molecule has 0 aliphatic carbocycles. The summed E-state index contributed by atoms with van der Waals surface area (Å²) in [7, 11) is 1.71. The summed E-state index contributed by atoms with van der Waals surface area (Å²) >= 11 is 0. The molecule has 19 heavy (non-hydrogen) atoms. The molecule has 1 N–H and O–H groups in total. The molecule has 4 heteroatoms. The molecule has 0 fully saturated rings. The predicted molar refractivity (Wildman–Crippen MR) is 76.1 cm³/mol. The van der Waals surface area contributed by atoms with Crippen LogP contribution in [0.15, 0.2) is 36.5 Å². The Bertz CT molecular complexity index is 493. The summed E-state index contributed by atoms with van der Waals surface area (Å²) < 4.78 is 7.06. The van der Waals surface area contributed by atoms with Crippen molar-refractivity contribution < 1.29 is 4.74 Å². The number of rotatable bonds is 7. The van der Waals surface area contributed by atoms with Gasteiger partial charge in [-0.3, -0.25) is 4.68 Å². The smallest absolute Gasteiger partial charge is 0.0662 e. The third kappa shape index (κ3) is 3.91. The Labute approximate surface area is 114 Å². The summed E-state index contributed by atoms with van der Waals surface area (Å²) in [6.45, 7) is 5.37. The van der Waals surface area contributed by atoms with Crippen molar-refractivity contribution >= 4 is 0 Å². The van der Waals surface area contributed by atoms with Gasteiger partial charge in [-0.2, -0.15) is 5.10 Å². The second kappa shape index (κ2) is 7.07. The van der Waals surface area contributed by atoms with Crippen molar-refractivity contribution in [3.05, 3.63) is 53.3 Å². The normalized spacial score (nSPS) is 10.8. The van der Waals surface area contributed by atoms with Gasteiger partial charge in [0.15, 0.2) is 0 Å². The Balaban J connectivity index is 1.94. The summed E-state index contributed by atoms with van der Waals surface area (Å²) in [4.78, 5) is 0. The Morgan fingerprint density at radius 1 is 1.26 bits per heavy atom. The van der Waals surface area contributed by atoms with Crippen LogP contribution < -0.4 is 5.32 Å². The number of nitrogens with zero attached hydrogens (tertiary/aromatic N) is 2. The van der Waals surface area contributed by atoms with Gasteiger partial charge in [-0.25, -0.2) is 0 Å². The number of nitrogens with one attached hydrogen (secondary N) is 1. The van der Waals surface area contributed by atoms with Gasteiger partial charge in [-0.1, -0.05) is 30.3 Å². The number of hydrogen-bond donors (Lipinski definition) is 1. The third-order valence-corrected chi connectivity index (χ3v) is 3.18. The minimum Gasteiger partial charge on any atom is -0.383 e. The number of benzene rings is 1. The second-order valence-electron chi connectivity index (χ2n) is 4.57. The van der Waals surface area contributed by atoms with E-state index in [0.29, 0.717) is 0 Å². The zero-order valence-electron chi connectivity index (χ0n) is 11.6. The van der Waals surface area contributed by atoms with Crippen molar-refractivity contribution in [1.82, 2.24) is 15.1 Å². The second-order valence-corrected chi connectivity index (χ2v) is 4.57. The van der Waals surface area contributed by atoms with Gasteiger partial charge in [0.05, 0.1) is 19.3 Å². The molecule has 0 amide bonds. The maximum Gasteiger partial charge on any atom is 0.0662 e. The van der Waals surface area contributed by atoms with Crippen molar-refractivity contribution in [2.24, 2.45) is 0 Å². The van der Waals surface area contributed by atoms with Crippen LogP contribution in [0.25, 0.3) is 0 Å². The highest BCUT2D eigenvalue weighted by Gasteiger charge is 2.06. The van der Waals surface area contributed by atoms with E-state index < -0.39 is 0 Å². The monoisotopic (exact) mass is 259 g/mol. The van der Waals surface area contributed by atoms with E-state index in [-0.39, 0.29) is 0 Å². The molecule has 0 radical (unpaired) electrons. The molecule has 2 rings (SSSR count). The van der Waals surface area contributed by atoms with E-state index in [9.17, 15) is 0 Å². The lowest BCUT2D eigenvalue weighted by atomic mass is 10.2. The molecule has 1 heterocycles. The summed E-state index contributed by atoms with van der Waals surface area (Å²) in [6, 6.07) is 10.4. The first-order chi connectivity index (χ1) is 9.31. The Kier molecular flexibility index (Phi) is 5.12. The average molecular weight is 259 g/mol. The first-order valence-corrected chi connectivity index (χ1v) is 6.56. The van der Waals surface area contributed by atoms with Gasteiger partial charge in [0, 0.05) is 31.5 Å². The van der Waals surface area contributed by atoms with Crippen molar-refractivity contribution in [3.63, 3.8) is 0 Å². The van der Waals surface area contributed by atoms with Gasteiger partial charge >= 0.3 is 0 Å². The molecule has 1 aromatic heterocycles. The van der Waals surface area contributed by atoms with Gasteiger partial charge in [-0.15, -0.1) is 0 Å². The Morgan fingerprint density at radius 3 is 2.79 bits per heavy atom. The van der Waals surface area contributed by atoms with Crippen molar-refractivity contribution in [2.45, 2.75) is 20.0 Å². The summed E-state index contributed by atoms with van der Waals surface area (Å²) in [5.41, 5.74) is 3.73.